The number of carbonyl (C=O) groups excluding carboxylic acids is 1. The van der Waals surface area contributed by atoms with Crippen molar-refractivity contribution in [2.24, 2.45) is 0 Å². The van der Waals surface area contributed by atoms with Crippen molar-refractivity contribution in [3.63, 3.8) is 0 Å². The first-order valence-electron chi connectivity index (χ1n) is 7.43. The average molecular weight is 310 g/mol. The van der Waals surface area contributed by atoms with E-state index >= 15 is 0 Å². The minimum Gasteiger partial charge on any atom is -0.348 e. The van der Waals surface area contributed by atoms with E-state index in [1.807, 2.05) is 45.0 Å². The SMILES string of the molecule is CC(NC(=O)C(C)(C)N1CCNCC1)c1ccc(Cl)cc1. The summed E-state index contributed by atoms with van der Waals surface area (Å²) in [6.07, 6.45) is 0. The van der Waals surface area contributed by atoms with Crippen LogP contribution in [0, 0.1) is 0 Å². The molecule has 1 fully saturated rings. The van der Waals surface area contributed by atoms with Gasteiger partial charge in [0.25, 0.3) is 0 Å². The molecular formula is C16H24ClN3O. The largest absolute Gasteiger partial charge is 0.348 e. The van der Waals surface area contributed by atoms with Crippen molar-refractivity contribution in [2.75, 3.05) is 26.2 Å². The van der Waals surface area contributed by atoms with Crippen LogP contribution in [0.3, 0.4) is 0 Å². The van der Waals surface area contributed by atoms with E-state index in [1.165, 1.54) is 0 Å². The predicted molar refractivity (Wildman–Crippen MR) is 86.5 cm³/mol. The zero-order valence-electron chi connectivity index (χ0n) is 12.9. The van der Waals surface area contributed by atoms with Gasteiger partial charge >= 0.3 is 0 Å². The molecule has 1 aromatic carbocycles. The van der Waals surface area contributed by atoms with Crippen molar-refractivity contribution in [1.29, 1.82) is 0 Å². The van der Waals surface area contributed by atoms with Crippen molar-refractivity contribution < 1.29 is 4.79 Å². The summed E-state index contributed by atoms with van der Waals surface area (Å²) < 4.78 is 0. The molecule has 1 aliphatic rings. The zero-order chi connectivity index (χ0) is 15.5. The Morgan fingerprint density at radius 3 is 2.43 bits per heavy atom. The van der Waals surface area contributed by atoms with Gasteiger partial charge in [0.05, 0.1) is 11.6 Å². The van der Waals surface area contributed by atoms with Gasteiger partial charge in [-0.1, -0.05) is 23.7 Å². The molecule has 4 nitrogen and oxygen atoms in total. The van der Waals surface area contributed by atoms with Crippen molar-refractivity contribution in [2.45, 2.75) is 32.4 Å². The molecule has 1 saturated heterocycles. The highest BCUT2D eigenvalue weighted by Crippen LogP contribution is 2.20. The zero-order valence-corrected chi connectivity index (χ0v) is 13.7. The van der Waals surface area contributed by atoms with Gasteiger partial charge in [0.2, 0.25) is 5.91 Å². The third kappa shape index (κ3) is 3.96. The molecule has 1 heterocycles. The standard InChI is InChI=1S/C16H24ClN3O/c1-12(13-4-6-14(17)7-5-13)19-15(21)16(2,3)20-10-8-18-9-11-20/h4-7,12,18H,8-11H2,1-3H3,(H,19,21). The second kappa shape index (κ2) is 6.77. The van der Waals surface area contributed by atoms with Gasteiger partial charge in [-0.25, -0.2) is 0 Å². The van der Waals surface area contributed by atoms with E-state index in [-0.39, 0.29) is 11.9 Å². The van der Waals surface area contributed by atoms with Crippen LogP contribution in [0.15, 0.2) is 24.3 Å². The first-order valence-corrected chi connectivity index (χ1v) is 7.81. The van der Waals surface area contributed by atoms with Gasteiger partial charge < -0.3 is 10.6 Å². The lowest BCUT2D eigenvalue weighted by Crippen LogP contribution is -2.60. The summed E-state index contributed by atoms with van der Waals surface area (Å²) in [4.78, 5) is 14.8. The molecule has 0 spiro atoms. The topological polar surface area (TPSA) is 44.4 Å². The number of nitrogens with one attached hydrogen (secondary N) is 2. The number of halogens is 1. The van der Waals surface area contributed by atoms with E-state index in [4.69, 9.17) is 11.6 Å². The van der Waals surface area contributed by atoms with Crippen LogP contribution >= 0.6 is 11.6 Å². The molecule has 0 radical (unpaired) electrons. The number of nitrogens with zero attached hydrogens (tertiary/aromatic N) is 1. The summed E-state index contributed by atoms with van der Waals surface area (Å²) in [5.74, 6) is 0.0619. The van der Waals surface area contributed by atoms with Crippen LogP contribution in [-0.2, 0) is 4.79 Å². The second-order valence-electron chi connectivity index (χ2n) is 6.04. The Labute approximate surface area is 131 Å². The molecular weight excluding hydrogens is 286 g/mol. The van der Waals surface area contributed by atoms with Gasteiger partial charge in [-0.2, -0.15) is 0 Å². The van der Waals surface area contributed by atoms with Crippen LogP contribution in [0.4, 0.5) is 0 Å². The normalized spacial score (nSPS) is 18.3. The van der Waals surface area contributed by atoms with E-state index in [9.17, 15) is 4.79 Å². The molecule has 0 saturated carbocycles. The molecule has 1 aliphatic heterocycles. The Balaban J connectivity index is 2.00. The highest BCUT2D eigenvalue weighted by Gasteiger charge is 2.35. The lowest BCUT2D eigenvalue weighted by atomic mass is 9.99. The van der Waals surface area contributed by atoms with Crippen LogP contribution in [0.2, 0.25) is 5.02 Å². The van der Waals surface area contributed by atoms with Gasteiger partial charge in [-0.15, -0.1) is 0 Å². The summed E-state index contributed by atoms with van der Waals surface area (Å²) in [6.45, 7) is 9.64. The molecule has 5 heteroatoms. The highest BCUT2D eigenvalue weighted by molar-refractivity contribution is 6.30. The summed E-state index contributed by atoms with van der Waals surface area (Å²) in [5, 5.41) is 7.13. The van der Waals surface area contributed by atoms with Crippen LogP contribution < -0.4 is 10.6 Å². The molecule has 0 aliphatic carbocycles. The maximum Gasteiger partial charge on any atom is 0.240 e. The molecule has 0 aromatic heterocycles. The molecule has 0 bridgehead atoms. The van der Waals surface area contributed by atoms with Crippen molar-refractivity contribution in [3.05, 3.63) is 34.9 Å². The maximum atomic E-state index is 12.6. The van der Waals surface area contributed by atoms with Crippen LogP contribution in [-0.4, -0.2) is 42.5 Å². The lowest BCUT2D eigenvalue weighted by molar-refractivity contribution is -0.132. The molecule has 1 aromatic rings. The van der Waals surface area contributed by atoms with Crippen LogP contribution in [0.25, 0.3) is 0 Å². The van der Waals surface area contributed by atoms with E-state index < -0.39 is 5.54 Å². The predicted octanol–water partition coefficient (Wildman–Crippen LogP) is 2.20. The molecule has 21 heavy (non-hydrogen) atoms. The minimum atomic E-state index is -0.497. The number of amides is 1. The fourth-order valence-electron chi connectivity index (χ4n) is 2.58. The number of carbonyl (C=O) groups is 1. The highest BCUT2D eigenvalue weighted by atomic mass is 35.5. The quantitative estimate of drug-likeness (QED) is 0.896. The average Bonchev–Trinajstić information content (AvgIpc) is 2.48. The first kappa shape index (κ1) is 16.3. The van der Waals surface area contributed by atoms with Crippen LogP contribution in [0.1, 0.15) is 32.4 Å². The number of benzene rings is 1. The Morgan fingerprint density at radius 1 is 1.29 bits per heavy atom. The molecule has 116 valence electrons. The molecule has 1 amide bonds. The Morgan fingerprint density at radius 2 is 1.86 bits per heavy atom. The first-order chi connectivity index (χ1) is 9.91. The van der Waals surface area contributed by atoms with E-state index in [2.05, 4.69) is 15.5 Å². The number of rotatable bonds is 4. The van der Waals surface area contributed by atoms with Crippen molar-refractivity contribution >= 4 is 17.5 Å². The van der Waals surface area contributed by atoms with Gasteiger partial charge in [0.15, 0.2) is 0 Å². The Hall–Kier alpha value is -1.10. The molecule has 2 N–H and O–H groups in total. The summed E-state index contributed by atoms with van der Waals surface area (Å²) in [5.41, 5.74) is 0.562. The van der Waals surface area contributed by atoms with Crippen molar-refractivity contribution in [1.82, 2.24) is 15.5 Å². The number of hydrogen-bond acceptors (Lipinski definition) is 3. The fraction of sp³-hybridized carbons (Fsp3) is 0.562. The van der Waals surface area contributed by atoms with Gasteiger partial charge in [-0.3, -0.25) is 9.69 Å². The second-order valence-corrected chi connectivity index (χ2v) is 6.48. The Bertz CT molecular complexity index is 481. The number of piperazine rings is 1. The maximum absolute atomic E-state index is 12.6. The van der Waals surface area contributed by atoms with Crippen molar-refractivity contribution in [3.8, 4) is 0 Å². The molecule has 2 rings (SSSR count). The van der Waals surface area contributed by atoms with Gasteiger partial charge in [-0.05, 0) is 38.5 Å². The summed E-state index contributed by atoms with van der Waals surface area (Å²) in [7, 11) is 0. The monoisotopic (exact) mass is 309 g/mol. The minimum absolute atomic E-state index is 0.0306. The summed E-state index contributed by atoms with van der Waals surface area (Å²) in [6, 6.07) is 7.56. The lowest BCUT2D eigenvalue weighted by Gasteiger charge is -2.40. The van der Waals surface area contributed by atoms with E-state index in [1.54, 1.807) is 0 Å². The summed E-state index contributed by atoms with van der Waals surface area (Å²) >= 11 is 5.90. The van der Waals surface area contributed by atoms with Gasteiger partial charge in [0.1, 0.15) is 0 Å². The Kier molecular flexibility index (Phi) is 5.25. The molecule has 1 unspecified atom stereocenters. The third-order valence-corrected chi connectivity index (χ3v) is 4.43. The number of hydrogen-bond donors (Lipinski definition) is 2. The smallest absolute Gasteiger partial charge is 0.240 e. The van der Waals surface area contributed by atoms with Gasteiger partial charge in [0, 0.05) is 31.2 Å². The van der Waals surface area contributed by atoms with E-state index in [0.717, 1.165) is 31.7 Å². The fourth-order valence-corrected chi connectivity index (χ4v) is 2.70. The van der Waals surface area contributed by atoms with Crippen LogP contribution in [0.5, 0.6) is 0 Å². The molecule has 1 atom stereocenters. The van der Waals surface area contributed by atoms with E-state index in [0.29, 0.717) is 5.02 Å². The third-order valence-electron chi connectivity index (χ3n) is 4.18.